The van der Waals surface area contributed by atoms with Crippen LogP contribution in [0.15, 0.2) is 0 Å². The van der Waals surface area contributed by atoms with Gasteiger partial charge in [0.15, 0.2) is 0 Å². The molecule has 0 aliphatic carbocycles. The first kappa shape index (κ1) is 13.6. The first-order valence-corrected chi connectivity index (χ1v) is 16.4. The summed E-state index contributed by atoms with van der Waals surface area (Å²) in [6, 6.07) is 0. The second-order valence-electron chi connectivity index (χ2n) is 5.62. The lowest BCUT2D eigenvalue weighted by molar-refractivity contribution is 0.784. The van der Waals surface area contributed by atoms with E-state index in [4.69, 9.17) is 22.2 Å². The van der Waals surface area contributed by atoms with Crippen LogP contribution in [-0.4, -0.2) is 31.5 Å². The van der Waals surface area contributed by atoms with Crippen molar-refractivity contribution in [3.63, 3.8) is 0 Å². The molecule has 1 fully saturated rings. The molecule has 0 atom stereocenters. The van der Waals surface area contributed by atoms with Crippen molar-refractivity contribution >= 4 is 54.5 Å². The molecule has 0 aromatic rings. The van der Waals surface area contributed by atoms with Crippen LogP contribution in [0.3, 0.4) is 0 Å². The minimum Gasteiger partial charge on any atom is -0.279 e. The summed E-state index contributed by atoms with van der Waals surface area (Å²) in [5, 5.41) is 0. The third-order valence-electron chi connectivity index (χ3n) is 2.08. The maximum Gasteiger partial charge on any atom is 0.403 e. The van der Waals surface area contributed by atoms with Gasteiger partial charge in [-0.15, -0.1) is 22.2 Å². The van der Waals surface area contributed by atoms with Crippen molar-refractivity contribution in [2.45, 2.75) is 39.3 Å². The number of hydrogen-bond acceptors (Lipinski definition) is 2. The first-order chi connectivity index (χ1) is 5.97. The third-order valence-corrected chi connectivity index (χ3v) is 24.8. The lowest BCUT2D eigenvalue weighted by Gasteiger charge is -2.60. The lowest BCUT2D eigenvalue weighted by Crippen LogP contribution is -2.74. The van der Waals surface area contributed by atoms with E-state index >= 15 is 0 Å². The Kier molecular flexibility index (Phi) is 3.71. The molecule has 1 saturated heterocycles. The monoisotopic (exact) mass is 304 g/mol. The molecular formula is C6H19Cl2N2PSi3. The minimum absolute atomic E-state index is 0.745. The van der Waals surface area contributed by atoms with Crippen LogP contribution < -0.4 is 0 Å². The van der Waals surface area contributed by atoms with Crippen molar-refractivity contribution in [2.24, 2.45) is 0 Å². The molecule has 8 heteroatoms. The summed E-state index contributed by atoms with van der Waals surface area (Å²) in [6.45, 7) is 13.9. The van der Waals surface area contributed by atoms with Gasteiger partial charge in [-0.25, -0.2) is 0 Å². The van der Waals surface area contributed by atoms with E-state index < -0.39 is 23.5 Å². The fourth-order valence-corrected chi connectivity index (χ4v) is 25.6. The zero-order valence-electron chi connectivity index (χ0n) is 9.65. The second kappa shape index (κ2) is 3.81. The van der Waals surface area contributed by atoms with Gasteiger partial charge in [0.1, 0.15) is 16.5 Å². The van der Waals surface area contributed by atoms with Crippen molar-refractivity contribution < 1.29 is 0 Å². The van der Waals surface area contributed by atoms with Crippen LogP contribution in [0.2, 0.25) is 39.3 Å². The highest BCUT2D eigenvalue weighted by molar-refractivity contribution is 7.68. The molecule has 1 rings (SSSR count). The Morgan fingerprint density at radius 3 is 1.29 bits per heavy atom. The van der Waals surface area contributed by atoms with E-state index in [1.54, 1.807) is 0 Å². The van der Waals surface area contributed by atoms with Crippen LogP contribution in [0, 0.1) is 0 Å². The Morgan fingerprint density at radius 2 is 1.14 bits per heavy atom. The molecule has 0 N–H and O–H groups in total. The number of nitrogens with zero attached hydrogens (tertiary/aromatic N) is 2. The summed E-state index contributed by atoms with van der Waals surface area (Å²) in [5.41, 5.74) is 0. The van der Waals surface area contributed by atoms with Gasteiger partial charge in [0, 0.05) is 8.88 Å². The quantitative estimate of drug-likeness (QED) is 0.436. The molecule has 1 aliphatic rings. The Bertz CT molecular complexity index is 216. The molecule has 2 nitrogen and oxygen atoms in total. The normalized spacial score (nSPS) is 24.9. The van der Waals surface area contributed by atoms with Crippen molar-refractivity contribution in [3.05, 3.63) is 0 Å². The van der Waals surface area contributed by atoms with Gasteiger partial charge >= 0.3 is 7.02 Å². The fraction of sp³-hybridized carbons (Fsp3) is 1.00. The molecule has 0 aromatic carbocycles. The van der Waals surface area contributed by atoms with E-state index in [2.05, 4.69) is 47.3 Å². The maximum atomic E-state index is 6.54. The summed E-state index contributed by atoms with van der Waals surface area (Å²) < 4.78 is 4.84. The summed E-state index contributed by atoms with van der Waals surface area (Å²) in [4.78, 5) is 0. The highest BCUT2D eigenvalue weighted by Crippen LogP contribution is 2.56. The summed E-state index contributed by atoms with van der Waals surface area (Å²) in [6.07, 6.45) is 0. The van der Waals surface area contributed by atoms with Crippen LogP contribution in [-0.2, 0) is 0 Å². The molecule has 0 spiro atoms. The molecule has 1 heterocycles. The molecular weight excluding hydrogens is 286 g/mol. The van der Waals surface area contributed by atoms with Crippen molar-refractivity contribution in [1.82, 2.24) is 8.00 Å². The average molecular weight is 305 g/mol. The number of halogens is 2. The summed E-state index contributed by atoms with van der Waals surface area (Å²) in [5.74, 6) is 0. The first-order valence-electron chi connectivity index (χ1n) is 4.72. The zero-order valence-corrected chi connectivity index (χ0v) is 15.2. The predicted octanol–water partition coefficient (Wildman–Crippen LogP) is 3.70. The summed E-state index contributed by atoms with van der Waals surface area (Å²) in [7, 11) is -4.10. The van der Waals surface area contributed by atoms with Gasteiger partial charge in [-0.3, -0.25) is 8.00 Å². The van der Waals surface area contributed by atoms with Crippen molar-refractivity contribution in [1.29, 1.82) is 0 Å². The predicted molar refractivity (Wildman–Crippen MR) is 76.1 cm³/mol. The average Bonchev–Trinajstić information content (AvgIpc) is 1.77. The molecule has 0 aromatic heterocycles. The van der Waals surface area contributed by atoms with Gasteiger partial charge < -0.3 is 0 Å². The van der Waals surface area contributed by atoms with Crippen LogP contribution in [0.25, 0.3) is 0 Å². The van der Waals surface area contributed by atoms with Gasteiger partial charge in [-0.2, -0.15) is 0 Å². The topological polar surface area (TPSA) is 6.48 Å². The van der Waals surface area contributed by atoms with Gasteiger partial charge in [-0.05, 0) is 0 Å². The van der Waals surface area contributed by atoms with E-state index in [0.717, 1.165) is 8.88 Å². The molecule has 0 amide bonds. The van der Waals surface area contributed by atoms with Crippen molar-refractivity contribution in [3.8, 4) is 0 Å². The van der Waals surface area contributed by atoms with Gasteiger partial charge in [0.25, 0.3) is 0 Å². The largest absolute Gasteiger partial charge is 0.403 e. The Hall–Kier alpha value is 1.58. The van der Waals surface area contributed by atoms with E-state index in [0.29, 0.717) is 0 Å². The van der Waals surface area contributed by atoms with E-state index in [9.17, 15) is 0 Å². The molecule has 84 valence electrons. The summed E-state index contributed by atoms with van der Waals surface area (Å²) >= 11 is 13.1. The Morgan fingerprint density at radius 1 is 0.857 bits per heavy atom. The van der Waals surface area contributed by atoms with E-state index in [-0.39, 0.29) is 0 Å². The standard InChI is InChI=1S/C6H19Cl2N2PSi3/c1-12(2,3)9-11-10(13(4,5)6)14(9,7)8/h11H,1-6H3. The maximum absolute atomic E-state index is 6.54. The molecule has 0 unspecified atom stereocenters. The van der Waals surface area contributed by atoms with Gasteiger partial charge in [-0.1, -0.05) is 39.3 Å². The smallest absolute Gasteiger partial charge is 0.279 e. The fourth-order valence-electron chi connectivity index (χ4n) is 1.38. The van der Waals surface area contributed by atoms with Crippen LogP contribution >= 0.6 is 31.0 Å². The molecule has 0 radical (unpaired) electrons. The van der Waals surface area contributed by atoms with Crippen molar-refractivity contribution in [2.75, 3.05) is 0 Å². The lowest BCUT2D eigenvalue weighted by atomic mass is 11.8. The molecule has 14 heavy (non-hydrogen) atoms. The molecule has 0 bridgehead atoms. The number of hydrogen-bond donors (Lipinski definition) is 0. The SMILES string of the molecule is C[Si](C)(C)N1PN([Si](C)(C)C)[Si]1(Cl)Cl. The van der Waals surface area contributed by atoms with Crippen LogP contribution in [0.5, 0.6) is 0 Å². The van der Waals surface area contributed by atoms with Gasteiger partial charge in [0.2, 0.25) is 0 Å². The second-order valence-corrected chi connectivity index (χ2v) is 24.6. The molecule has 1 aliphatic heterocycles. The highest BCUT2D eigenvalue weighted by atomic mass is 35.7. The zero-order chi connectivity index (χ0) is 11.4. The van der Waals surface area contributed by atoms with E-state index in [1.165, 1.54) is 0 Å². The Labute approximate surface area is 102 Å². The number of rotatable bonds is 2. The Balaban J connectivity index is 2.79. The van der Waals surface area contributed by atoms with Crippen LogP contribution in [0.4, 0.5) is 0 Å². The highest BCUT2D eigenvalue weighted by Gasteiger charge is 2.61. The molecule has 0 saturated carbocycles. The third kappa shape index (κ3) is 2.46. The van der Waals surface area contributed by atoms with E-state index in [1.807, 2.05) is 0 Å². The van der Waals surface area contributed by atoms with Gasteiger partial charge in [0.05, 0.1) is 0 Å². The minimum atomic E-state index is -2.23. The van der Waals surface area contributed by atoms with Crippen LogP contribution in [0.1, 0.15) is 0 Å².